The fourth-order valence-electron chi connectivity index (χ4n) is 3.99. The summed E-state index contributed by atoms with van der Waals surface area (Å²) in [6.07, 6.45) is 5.22. The average Bonchev–Trinajstić information content (AvgIpc) is 3.06. The molecule has 0 bridgehead atoms. The molecule has 1 saturated heterocycles. The highest BCUT2D eigenvalue weighted by atomic mass is 16.5. The number of esters is 1. The van der Waals surface area contributed by atoms with Gasteiger partial charge in [-0.15, -0.1) is 0 Å². The largest absolute Gasteiger partial charge is 0.469 e. The summed E-state index contributed by atoms with van der Waals surface area (Å²) in [6.45, 7) is 4.81. The summed E-state index contributed by atoms with van der Waals surface area (Å²) < 4.78 is 6.99. The van der Waals surface area contributed by atoms with Gasteiger partial charge in [0.15, 0.2) is 0 Å². The van der Waals surface area contributed by atoms with E-state index in [0.29, 0.717) is 5.92 Å². The SMILES string of the molecule is COC(=O)[C@@]12CCC[C@H]1CN(Cc1cnn(C)c1C)C2. The Morgan fingerprint density at radius 3 is 3.05 bits per heavy atom. The number of rotatable bonds is 3. The number of carbonyl (C=O) groups excluding carboxylic acids is 1. The van der Waals surface area contributed by atoms with E-state index >= 15 is 0 Å². The summed E-state index contributed by atoms with van der Waals surface area (Å²) in [6, 6.07) is 0. The molecule has 1 saturated carbocycles. The second kappa shape index (κ2) is 4.88. The number of nitrogens with zero attached hydrogens (tertiary/aromatic N) is 3. The van der Waals surface area contributed by atoms with Gasteiger partial charge >= 0.3 is 5.97 Å². The van der Waals surface area contributed by atoms with Crippen molar-refractivity contribution in [3.05, 3.63) is 17.5 Å². The molecule has 110 valence electrons. The molecule has 2 fully saturated rings. The van der Waals surface area contributed by atoms with Crippen molar-refractivity contribution in [1.29, 1.82) is 0 Å². The minimum Gasteiger partial charge on any atom is -0.469 e. The van der Waals surface area contributed by atoms with Crippen LogP contribution in [0.25, 0.3) is 0 Å². The van der Waals surface area contributed by atoms with E-state index in [-0.39, 0.29) is 11.4 Å². The van der Waals surface area contributed by atoms with Gasteiger partial charge in [0.05, 0.1) is 18.7 Å². The van der Waals surface area contributed by atoms with Crippen molar-refractivity contribution in [3.63, 3.8) is 0 Å². The van der Waals surface area contributed by atoms with Crippen molar-refractivity contribution in [2.45, 2.75) is 32.7 Å². The van der Waals surface area contributed by atoms with E-state index in [1.54, 1.807) is 0 Å². The van der Waals surface area contributed by atoms with Crippen LogP contribution in [0.5, 0.6) is 0 Å². The number of hydrogen-bond acceptors (Lipinski definition) is 4. The number of fused-ring (bicyclic) bond motifs is 1. The first kappa shape index (κ1) is 13.6. The number of methoxy groups -OCH3 is 1. The Hall–Kier alpha value is -1.36. The molecular formula is C15H23N3O2. The number of aryl methyl sites for hydroxylation is 1. The third-order valence-corrected chi connectivity index (χ3v) is 5.26. The third-order valence-electron chi connectivity index (χ3n) is 5.26. The van der Waals surface area contributed by atoms with Crippen molar-refractivity contribution >= 4 is 5.97 Å². The van der Waals surface area contributed by atoms with Crippen LogP contribution >= 0.6 is 0 Å². The Balaban J connectivity index is 1.76. The van der Waals surface area contributed by atoms with Crippen LogP contribution in [0.4, 0.5) is 0 Å². The Kier molecular flexibility index (Phi) is 3.32. The van der Waals surface area contributed by atoms with Crippen LogP contribution in [0.2, 0.25) is 0 Å². The first-order valence-electron chi connectivity index (χ1n) is 7.35. The molecule has 1 aliphatic heterocycles. The maximum atomic E-state index is 12.2. The molecule has 0 N–H and O–H groups in total. The smallest absolute Gasteiger partial charge is 0.313 e. The zero-order valence-corrected chi connectivity index (χ0v) is 12.6. The van der Waals surface area contributed by atoms with Crippen molar-refractivity contribution in [2.75, 3.05) is 20.2 Å². The lowest BCUT2D eigenvalue weighted by Gasteiger charge is -2.25. The van der Waals surface area contributed by atoms with Crippen LogP contribution < -0.4 is 0 Å². The lowest BCUT2D eigenvalue weighted by atomic mass is 9.81. The standard InChI is InChI=1S/C15H23N3O2/c1-11-12(7-16-17(11)2)8-18-9-13-5-4-6-15(13,10-18)14(19)20-3/h7,13H,4-6,8-10H2,1-3H3/t13-,15+/m0/s1. The zero-order chi connectivity index (χ0) is 14.3. The van der Waals surface area contributed by atoms with Gasteiger partial charge in [-0.05, 0) is 25.7 Å². The lowest BCUT2D eigenvalue weighted by Crippen LogP contribution is -2.36. The van der Waals surface area contributed by atoms with Gasteiger partial charge in [-0.3, -0.25) is 14.4 Å². The molecule has 2 atom stereocenters. The molecule has 3 rings (SSSR count). The summed E-state index contributed by atoms with van der Waals surface area (Å²) in [4.78, 5) is 14.6. The number of likely N-dealkylation sites (tertiary alicyclic amines) is 1. The van der Waals surface area contributed by atoms with Gasteiger partial charge in [0, 0.05) is 37.9 Å². The van der Waals surface area contributed by atoms with Crippen LogP contribution in [0.1, 0.15) is 30.5 Å². The second-order valence-corrected chi connectivity index (χ2v) is 6.29. The van der Waals surface area contributed by atoms with Gasteiger partial charge in [-0.25, -0.2) is 0 Å². The van der Waals surface area contributed by atoms with Gasteiger partial charge in [0.1, 0.15) is 0 Å². The van der Waals surface area contributed by atoms with Crippen LogP contribution in [-0.4, -0.2) is 40.8 Å². The molecule has 2 heterocycles. The van der Waals surface area contributed by atoms with Crippen molar-refractivity contribution < 1.29 is 9.53 Å². The van der Waals surface area contributed by atoms with Crippen LogP contribution in [-0.2, 0) is 23.1 Å². The van der Waals surface area contributed by atoms with E-state index in [2.05, 4.69) is 16.9 Å². The predicted octanol–water partition coefficient (Wildman–Crippen LogP) is 1.50. The van der Waals surface area contributed by atoms with E-state index < -0.39 is 0 Å². The summed E-state index contributed by atoms with van der Waals surface area (Å²) in [5.74, 6) is 0.456. The molecule has 0 radical (unpaired) electrons. The van der Waals surface area contributed by atoms with E-state index in [0.717, 1.165) is 38.9 Å². The Labute approximate surface area is 119 Å². The minimum absolute atomic E-state index is 0.00888. The van der Waals surface area contributed by atoms with Gasteiger partial charge in [0.25, 0.3) is 0 Å². The first-order valence-corrected chi connectivity index (χ1v) is 7.35. The number of aromatic nitrogens is 2. The summed E-state index contributed by atoms with van der Waals surface area (Å²) in [5.41, 5.74) is 2.21. The van der Waals surface area contributed by atoms with Gasteiger partial charge in [-0.2, -0.15) is 5.10 Å². The highest BCUT2D eigenvalue weighted by Crippen LogP contribution is 2.49. The van der Waals surface area contributed by atoms with Crippen LogP contribution in [0.3, 0.4) is 0 Å². The lowest BCUT2D eigenvalue weighted by molar-refractivity contribution is -0.153. The molecule has 0 aromatic carbocycles. The normalized spacial score (nSPS) is 29.6. The molecular weight excluding hydrogens is 254 g/mol. The molecule has 0 unspecified atom stereocenters. The van der Waals surface area contributed by atoms with Gasteiger partial charge in [0.2, 0.25) is 0 Å². The van der Waals surface area contributed by atoms with E-state index in [1.165, 1.54) is 18.4 Å². The van der Waals surface area contributed by atoms with Crippen LogP contribution in [0.15, 0.2) is 6.20 Å². The highest BCUT2D eigenvalue weighted by molar-refractivity contribution is 5.78. The number of hydrogen-bond donors (Lipinski definition) is 0. The van der Waals surface area contributed by atoms with E-state index in [4.69, 9.17) is 4.74 Å². The molecule has 1 aromatic rings. The molecule has 5 heteroatoms. The molecule has 0 spiro atoms. The van der Waals surface area contributed by atoms with Crippen molar-refractivity contribution in [1.82, 2.24) is 14.7 Å². The van der Waals surface area contributed by atoms with Crippen LogP contribution in [0, 0.1) is 18.3 Å². The highest BCUT2D eigenvalue weighted by Gasteiger charge is 2.55. The zero-order valence-electron chi connectivity index (χ0n) is 12.6. The van der Waals surface area contributed by atoms with Gasteiger partial charge < -0.3 is 4.74 Å². The molecule has 20 heavy (non-hydrogen) atoms. The summed E-state index contributed by atoms with van der Waals surface area (Å²) in [5, 5.41) is 4.30. The van der Waals surface area contributed by atoms with E-state index in [1.807, 2.05) is 17.9 Å². The molecule has 5 nitrogen and oxygen atoms in total. The number of ether oxygens (including phenoxy) is 1. The Morgan fingerprint density at radius 2 is 2.40 bits per heavy atom. The minimum atomic E-state index is -0.245. The van der Waals surface area contributed by atoms with Gasteiger partial charge in [-0.1, -0.05) is 6.42 Å². The molecule has 0 amide bonds. The molecule has 2 aliphatic rings. The number of carbonyl (C=O) groups is 1. The molecule has 1 aliphatic carbocycles. The summed E-state index contributed by atoms with van der Waals surface area (Å²) >= 11 is 0. The maximum Gasteiger partial charge on any atom is 0.313 e. The quantitative estimate of drug-likeness (QED) is 0.786. The molecule has 1 aromatic heterocycles. The predicted molar refractivity (Wildman–Crippen MR) is 75.0 cm³/mol. The monoisotopic (exact) mass is 277 g/mol. The van der Waals surface area contributed by atoms with Crippen molar-refractivity contribution in [3.8, 4) is 0 Å². The fraction of sp³-hybridized carbons (Fsp3) is 0.733. The maximum absolute atomic E-state index is 12.2. The topological polar surface area (TPSA) is 47.4 Å². The van der Waals surface area contributed by atoms with Crippen molar-refractivity contribution in [2.24, 2.45) is 18.4 Å². The van der Waals surface area contributed by atoms with E-state index in [9.17, 15) is 4.79 Å². The second-order valence-electron chi connectivity index (χ2n) is 6.29. The summed E-state index contributed by atoms with van der Waals surface area (Å²) in [7, 11) is 3.48. The first-order chi connectivity index (χ1) is 9.56. The fourth-order valence-corrected chi connectivity index (χ4v) is 3.99. The Morgan fingerprint density at radius 1 is 1.60 bits per heavy atom. The average molecular weight is 277 g/mol. The third kappa shape index (κ3) is 1.95. The Bertz CT molecular complexity index is 525.